The lowest BCUT2D eigenvalue weighted by atomic mass is 10.0. The van der Waals surface area contributed by atoms with E-state index in [-0.39, 0.29) is 18.2 Å². The molecule has 30 heavy (non-hydrogen) atoms. The van der Waals surface area contributed by atoms with E-state index in [4.69, 9.17) is 4.74 Å². The van der Waals surface area contributed by atoms with Crippen LogP contribution in [0.25, 0.3) is 5.69 Å². The average molecular weight is 410 g/mol. The summed E-state index contributed by atoms with van der Waals surface area (Å²) in [6.45, 7) is 2.37. The Morgan fingerprint density at radius 3 is 2.93 bits per heavy atom. The highest BCUT2D eigenvalue weighted by Gasteiger charge is 2.40. The maximum Gasteiger partial charge on any atom is 0.255 e. The number of aromatic nitrogens is 3. The third-order valence-electron chi connectivity index (χ3n) is 5.85. The van der Waals surface area contributed by atoms with Gasteiger partial charge in [-0.2, -0.15) is 0 Å². The number of amides is 3. The molecule has 0 bridgehead atoms. The standard InChI is InChI=1S/C20H22N6O4/c27-18-5-4-17(19(28)22-18)25-10-15-14(20(25)29)2-1-3-16(15)26-9-13(23-24-26)8-21-12-6-7-30-11-12/h1-3,9,12,17,21H,4-8,10-11H2,(H,22,27,28). The van der Waals surface area contributed by atoms with Crippen LogP contribution < -0.4 is 10.6 Å². The van der Waals surface area contributed by atoms with Gasteiger partial charge in [0.15, 0.2) is 0 Å². The van der Waals surface area contributed by atoms with Crippen molar-refractivity contribution in [3.8, 4) is 5.69 Å². The fourth-order valence-corrected chi connectivity index (χ4v) is 4.23. The zero-order valence-electron chi connectivity index (χ0n) is 16.3. The van der Waals surface area contributed by atoms with Gasteiger partial charge in [-0.05, 0) is 25.0 Å². The van der Waals surface area contributed by atoms with Crippen LogP contribution >= 0.6 is 0 Å². The highest BCUT2D eigenvalue weighted by atomic mass is 16.5. The number of nitrogens with zero attached hydrogens (tertiary/aromatic N) is 4. The number of rotatable bonds is 5. The van der Waals surface area contributed by atoms with E-state index >= 15 is 0 Å². The highest BCUT2D eigenvalue weighted by molar-refractivity contribution is 6.05. The molecule has 10 heteroatoms. The second-order valence-corrected chi connectivity index (χ2v) is 7.80. The van der Waals surface area contributed by atoms with Crippen molar-refractivity contribution in [1.29, 1.82) is 0 Å². The molecule has 0 radical (unpaired) electrons. The molecular formula is C20H22N6O4. The Morgan fingerprint density at radius 2 is 2.13 bits per heavy atom. The molecular weight excluding hydrogens is 388 g/mol. The van der Waals surface area contributed by atoms with Gasteiger partial charge in [0.1, 0.15) is 6.04 Å². The van der Waals surface area contributed by atoms with E-state index in [0.717, 1.165) is 30.0 Å². The van der Waals surface area contributed by atoms with Gasteiger partial charge in [-0.3, -0.25) is 19.7 Å². The molecule has 2 aromatic rings. The summed E-state index contributed by atoms with van der Waals surface area (Å²) in [5.74, 6) is -0.919. The summed E-state index contributed by atoms with van der Waals surface area (Å²) in [4.78, 5) is 38.2. The Bertz CT molecular complexity index is 1010. The van der Waals surface area contributed by atoms with E-state index in [2.05, 4.69) is 20.9 Å². The lowest BCUT2D eigenvalue weighted by Gasteiger charge is -2.29. The first kappa shape index (κ1) is 18.9. The first-order valence-corrected chi connectivity index (χ1v) is 10.1. The van der Waals surface area contributed by atoms with Crippen LogP contribution in [-0.4, -0.2) is 62.9 Å². The van der Waals surface area contributed by atoms with E-state index < -0.39 is 11.9 Å². The van der Waals surface area contributed by atoms with Gasteiger partial charge in [0.05, 0.1) is 24.2 Å². The van der Waals surface area contributed by atoms with E-state index in [1.165, 1.54) is 4.90 Å². The first-order chi connectivity index (χ1) is 14.6. The third kappa shape index (κ3) is 3.37. The van der Waals surface area contributed by atoms with E-state index in [0.29, 0.717) is 37.7 Å². The fraction of sp³-hybridized carbons (Fsp3) is 0.450. The SMILES string of the molecule is O=C1CCC(N2Cc3c(cccc3-n3cc(CNC4CCOC4)nn3)C2=O)C(=O)N1. The second kappa shape index (κ2) is 7.62. The zero-order chi connectivity index (χ0) is 20.7. The molecule has 2 saturated heterocycles. The van der Waals surface area contributed by atoms with Gasteiger partial charge in [0.25, 0.3) is 5.91 Å². The normalized spacial score (nSPS) is 23.7. The van der Waals surface area contributed by atoms with Crippen LogP contribution in [0.15, 0.2) is 24.4 Å². The molecule has 3 amide bonds. The van der Waals surface area contributed by atoms with Gasteiger partial charge in [0, 0.05) is 43.3 Å². The second-order valence-electron chi connectivity index (χ2n) is 7.80. The fourth-order valence-electron chi connectivity index (χ4n) is 4.23. The number of hydrogen-bond donors (Lipinski definition) is 2. The molecule has 1 aromatic heterocycles. The summed E-state index contributed by atoms with van der Waals surface area (Å²) in [5.41, 5.74) is 2.92. The Kier molecular flexibility index (Phi) is 4.80. The van der Waals surface area contributed by atoms with Gasteiger partial charge in [-0.15, -0.1) is 5.10 Å². The Hall–Kier alpha value is -3.11. The first-order valence-electron chi connectivity index (χ1n) is 10.1. The lowest BCUT2D eigenvalue weighted by Crippen LogP contribution is -2.52. The minimum Gasteiger partial charge on any atom is -0.380 e. The monoisotopic (exact) mass is 410 g/mol. The van der Waals surface area contributed by atoms with Crippen molar-refractivity contribution in [2.24, 2.45) is 0 Å². The molecule has 156 valence electrons. The third-order valence-corrected chi connectivity index (χ3v) is 5.85. The Balaban J connectivity index is 1.35. The predicted molar refractivity (Wildman–Crippen MR) is 103 cm³/mol. The molecule has 3 aliphatic heterocycles. The number of nitrogens with one attached hydrogen (secondary N) is 2. The van der Waals surface area contributed by atoms with Crippen LogP contribution in [-0.2, 0) is 27.4 Å². The van der Waals surface area contributed by atoms with Gasteiger partial charge in [-0.1, -0.05) is 11.3 Å². The maximum atomic E-state index is 13.0. The smallest absolute Gasteiger partial charge is 0.255 e. The number of imide groups is 1. The number of carbonyl (C=O) groups is 3. The van der Waals surface area contributed by atoms with Gasteiger partial charge in [0.2, 0.25) is 11.8 Å². The molecule has 2 atom stereocenters. The van der Waals surface area contributed by atoms with Crippen molar-refractivity contribution in [2.45, 2.75) is 44.4 Å². The molecule has 2 fully saturated rings. The summed E-state index contributed by atoms with van der Waals surface area (Å²) in [7, 11) is 0. The van der Waals surface area contributed by atoms with E-state index in [9.17, 15) is 14.4 Å². The molecule has 10 nitrogen and oxygen atoms in total. The number of hydrogen-bond acceptors (Lipinski definition) is 7. The van der Waals surface area contributed by atoms with Crippen LogP contribution in [0.1, 0.15) is 40.9 Å². The summed E-state index contributed by atoms with van der Waals surface area (Å²) in [6, 6.07) is 5.13. The van der Waals surface area contributed by atoms with Crippen LogP contribution in [0.4, 0.5) is 0 Å². The van der Waals surface area contributed by atoms with Crippen molar-refractivity contribution in [3.05, 3.63) is 41.2 Å². The highest BCUT2D eigenvalue weighted by Crippen LogP contribution is 2.31. The van der Waals surface area contributed by atoms with Crippen molar-refractivity contribution < 1.29 is 19.1 Å². The summed E-state index contributed by atoms with van der Waals surface area (Å²) < 4.78 is 7.04. The van der Waals surface area contributed by atoms with E-state index in [1.54, 1.807) is 16.8 Å². The van der Waals surface area contributed by atoms with Crippen molar-refractivity contribution in [1.82, 2.24) is 30.5 Å². The lowest BCUT2D eigenvalue weighted by molar-refractivity contribution is -0.136. The van der Waals surface area contributed by atoms with Gasteiger partial charge < -0.3 is 15.0 Å². The molecule has 0 aliphatic carbocycles. The van der Waals surface area contributed by atoms with Gasteiger partial charge >= 0.3 is 0 Å². The minimum atomic E-state index is -0.639. The molecule has 2 N–H and O–H groups in total. The number of fused-ring (bicyclic) bond motifs is 1. The van der Waals surface area contributed by atoms with Crippen molar-refractivity contribution >= 4 is 17.7 Å². The summed E-state index contributed by atoms with van der Waals surface area (Å²) >= 11 is 0. The van der Waals surface area contributed by atoms with Crippen molar-refractivity contribution in [3.63, 3.8) is 0 Å². The Labute approximate surface area is 172 Å². The van der Waals surface area contributed by atoms with E-state index in [1.807, 2.05) is 12.3 Å². The quantitative estimate of drug-likeness (QED) is 0.661. The molecule has 1 aromatic carbocycles. The molecule has 5 rings (SSSR count). The van der Waals surface area contributed by atoms with Crippen LogP contribution in [0.5, 0.6) is 0 Å². The number of carbonyl (C=O) groups excluding carboxylic acids is 3. The summed E-state index contributed by atoms with van der Waals surface area (Å²) in [6.07, 6.45) is 3.40. The largest absolute Gasteiger partial charge is 0.380 e. The Morgan fingerprint density at radius 1 is 1.23 bits per heavy atom. The van der Waals surface area contributed by atoms with Crippen LogP contribution in [0.2, 0.25) is 0 Å². The maximum absolute atomic E-state index is 13.0. The average Bonchev–Trinajstić information content (AvgIpc) is 3.47. The number of benzene rings is 1. The zero-order valence-corrected chi connectivity index (χ0v) is 16.3. The topological polar surface area (TPSA) is 118 Å². The molecule has 3 aliphatic rings. The number of piperidine rings is 1. The van der Waals surface area contributed by atoms with Crippen molar-refractivity contribution in [2.75, 3.05) is 13.2 Å². The minimum absolute atomic E-state index is 0.204. The van der Waals surface area contributed by atoms with Crippen LogP contribution in [0.3, 0.4) is 0 Å². The van der Waals surface area contributed by atoms with Crippen LogP contribution in [0, 0.1) is 0 Å². The summed E-state index contributed by atoms with van der Waals surface area (Å²) in [5, 5.41) is 14.2. The molecule has 2 unspecified atom stereocenters. The molecule has 4 heterocycles. The predicted octanol–water partition coefficient (Wildman–Crippen LogP) is -0.0932. The molecule has 0 saturated carbocycles. The number of ether oxygens (including phenoxy) is 1. The molecule has 0 spiro atoms. The van der Waals surface area contributed by atoms with Gasteiger partial charge in [-0.25, -0.2) is 4.68 Å².